The second kappa shape index (κ2) is 6.96. The van der Waals surface area contributed by atoms with Gasteiger partial charge in [-0.2, -0.15) is 0 Å². The molecule has 1 spiro atoms. The Morgan fingerprint density at radius 1 is 1.23 bits per heavy atom. The van der Waals surface area contributed by atoms with Crippen LogP contribution in [-0.2, 0) is 11.2 Å². The van der Waals surface area contributed by atoms with Crippen LogP contribution in [0.3, 0.4) is 0 Å². The van der Waals surface area contributed by atoms with Crippen LogP contribution in [0.2, 0.25) is 0 Å². The number of rotatable bonds is 4. The summed E-state index contributed by atoms with van der Waals surface area (Å²) < 4.78 is 5.70. The van der Waals surface area contributed by atoms with Gasteiger partial charge in [0.05, 0.1) is 18.8 Å². The number of benzene rings is 2. The van der Waals surface area contributed by atoms with Gasteiger partial charge in [0.25, 0.3) is 0 Å². The summed E-state index contributed by atoms with van der Waals surface area (Å²) in [5.74, 6) is 0.0492. The molecule has 1 saturated carbocycles. The number of nitrogens with zero attached hydrogens (tertiary/aromatic N) is 1. The number of aliphatic hydroxyl groups is 2. The van der Waals surface area contributed by atoms with Gasteiger partial charge in [-0.3, -0.25) is 4.79 Å². The topological polar surface area (TPSA) is 73.9 Å². The molecule has 1 aliphatic carbocycles. The maximum atomic E-state index is 13.1. The van der Waals surface area contributed by atoms with Crippen LogP contribution >= 0.6 is 0 Å². The molecule has 156 valence electrons. The predicted molar refractivity (Wildman–Crippen MR) is 114 cm³/mol. The first-order valence-corrected chi connectivity index (χ1v) is 10.5. The average Bonchev–Trinajstić information content (AvgIpc) is 2.98. The van der Waals surface area contributed by atoms with E-state index in [1.807, 2.05) is 50.2 Å². The average molecular weight is 405 g/mol. The van der Waals surface area contributed by atoms with Crippen molar-refractivity contribution >= 4 is 16.9 Å². The van der Waals surface area contributed by atoms with Crippen molar-refractivity contribution < 1.29 is 19.4 Å². The van der Waals surface area contributed by atoms with Crippen LogP contribution < -0.4 is 0 Å². The molecule has 1 amide bonds. The van der Waals surface area contributed by atoms with Crippen LogP contribution in [0.4, 0.5) is 0 Å². The number of hydrogen-bond acceptors (Lipinski definition) is 4. The molecule has 30 heavy (non-hydrogen) atoms. The number of β-amino-alcohol motifs (C(OH)–C–C–N with tert-alkyl or cyclic N) is 1. The van der Waals surface area contributed by atoms with Crippen molar-refractivity contribution in [2.75, 3.05) is 19.7 Å². The highest BCUT2D eigenvalue weighted by molar-refractivity contribution is 5.90. The summed E-state index contributed by atoms with van der Waals surface area (Å²) >= 11 is 0. The Labute approximate surface area is 175 Å². The Balaban J connectivity index is 1.37. The smallest absolute Gasteiger partial charge is 0.227 e. The first-order valence-electron chi connectivity index (χ1n) is 10.5. The molecule has 0 bridgehead atoms. The van der Waals surface area contributed by atoms with Crippen molar-refractivity contribution in [1.29, 1.82) is 0 Å². The molecule has 2 N–H and O–H groups in total. The predicted octanol–water partition coefficient (Wildman–Crippen LogP) is 3.19. The van der Waals surface area contributed by atoms with Gasteiger partial charge < -0.3 is 19.5 Å². The van der Waals surface area contributed by atoms with Crippen LogP contribution in [0.25, 0.3) is 11.0 Å². The van der Waals surface area contributed by atoms with Crippen molar-refractivity contribution in [1.82, 2.24) is 4.90 Å². The molecule has 1 aliphatic heterocycles. The van der Waals surface area contributed by atoms with Crippen molar-refractivity contribution in [3.63, 3.8) is 0 Å². The van der Waals surface area contributed by atoms with E-state index in [9.17, 15) is 15.0 Å². The third-order valence-corrected chi connectivity index (χ3v) is 7.18. The SMILES string of the molecule is Cc1cc(C)c2c(CC(=O)N3C[C@@H](O)[C@@]4(C3)[C@H](CO)[C@H]4c3ccccc3)coc2c1. The quantitative estimate of drug-likeness (QED) is 0.699. The fourth-order valence-corrected chi connectivity index (χ4v) is 5.79. The minimum absolute atomic E-state index is 0.0102. The Kier molecular flexibility index (Phi) is 4.49. The lowest BCUT2D eigenvalue weighted by Crippen LogP contribution is -2.31. The first kappa shape index (κ1) is 19.3. The van der Waals surface area contributed by atoms with Gasteiger partial charge in [0, 0.05) is 36.1 Å². The van der Waals surface area contributed by atoms with Gasteiger partial charge in [0.2, 0.25) is 5.91 Å². The van der Waals surface area contributed by atoms with Gasteiger partial charge in [-0.25, -0.2) is 0 Å². The zero-order chi connectivity index (χ0) is 21.0. The molecule has 5 rings (SSSR count). The minimum atomic E-state index is -0.630. The first-order chi connectivity index (χ1) is 14.5. The van der Waals surface area contributed by atoms with E-state index >= 15 is 0 Å². The maximum absolute atomic E-state index is 13.1. The lowest BCUT2D eigenvalue weighted by Gasteiger charge is -2.17. The van der Waals surface area contributed by atoms with Crippen LogP contribution in [0.1, 0.15) is 28.2 Å². The van der Waals surface area contributed by atoms with Crippen LogP contribution in [-0.4, -0.2) is 46.8 Å². The summed E-state index contributed by atoms with van der Waals surface area (Å²) in [5, 5.41) is 21.9. The number of amides is 1. The Hall–Kier alpha value is -2.63. The highest BCUT2D eigenvalue weighted by Crippen LogP contribution is 2.68. The zero-order valence-electron chi connectivity index (χ0n) is 17.3. The summed E-state index contributed by atoms with van der Waals surface area (Å²) in [4.78, 5) is 14.9. The summed E-state index contributed by atoms with van der Waals surface area (Å²) in [6.45, 7) is 4.87. The fourth-order valence-electron chi connectivity index (χ4n) is 5.79. The van der Waals surface area contributed by atoms with E-state index in [0.29, 0.717) is 13.1 Å². The van der Waals surface area contributed by atoms with E-state index in [2.05, 4.69) is 6.07 Å². The van der Waals surface area contributed by atoms with Gasteiger partial charge >= 0.3 is 0 Å². The maximum Gasteiger partial charge on any atom is 0.227 e. The number of aliphatic hydroxyl groups excluding tert-OH is 2. The third kappa shape index (κ3) is 2.80. The Morgan fingerprint density at radius 3 is 2.73 bits per heavy atom. The number of furan rings is 1. The second-order valence-electron chi connectivity index (χ2n) is 8.97. The molecule has 5 nitrogen and oxygen atoms in total. The molecule has 2 aromatic carbocycles. The standard InChI is InChI=1S/C25H27NO4/c1-15-8-16(2)23-18(13-30-20(23)9-15)10-22(29)26-11-21(28)25(14-26)19(12-27)24(25)17-6-4-3-5-7-17/h3-9,13,19,21,24,27-28H,10-12,14H2,1-2H3/t19-,21-,24-,25-/m1/s1. The van der Waals surface area contributed by atoms with Crippen molar-refractivity contribution in [3.8, 4) is 0 Å². The molecule has 3 aromatic rings. The Bertz CT molecular complexity index is 1110. The van der Waals surface area contributed by atoms with E-state index in [0.717, 1.165) is 33.2 Å². The third-order valence-electron chi connectivity index (χ3n) is 7.18. The molecule has 5 heteroatoms. The van der Waals surface area contributed by atoms with Gasteiger partial charge in [-0.1, -0.05) is 36.4 Å². The monoisotopic (exact) mass is 405 g/mol. The molecule has 2 fully saturated rings. The largest absolute Gasteiger partial charge is 0.464 e. The van der Waals surface area contributed by atoms with Gasteiger partial charge in [-0.05, 0) is 48.4 Å². The van der Waals surface area contributed by atoms with Gasteiger partial charge in [-0.15, -0.1) is 0 Å². The number of carbonyl (C=O) groups is 1. The van der Waals surface area contributed by atoms with E-state index in [1.54, 1.807) is 11.2 Å². The highest BCUT2D eigenvalue weighted by atomic mass is 16.3. The number of likely N-dealkylation sites (tertiary alicyclic amines) is 1. The molecule has 2 aliphatic rings. The van der Waals surface area contributed by atoms with Crippen LogP contribution in [0.15, 0.2) is 53.1 Å². The zero-order valence-corrected chi connectivity index (χ0v) is 17.3. The highest BCUT2D eigenvalue weighted by Gasteiger charge is 2.71. The summed E-state index contributed by atoms with van der Waals surface area (Å²) in [6, 6.07) is 14.1. The van der Waals surface area contributed by atoms with E-state index in [1.165, 1.54) is 0 Å². The molecule has 0 unspecified atom stereocenters. The summed E-state index contributed by atoms with van der Waals surface area (Å²) in [6.07, 6.45) is 1.30. The lowest BCUT2D eigenvalue weighted by atomic mass is 9.95. The molecule has 2 heterocycles. The number of aryl methyl sites for hydroxylation is 2. The number of hydrogen-bond donors (Lipinski definition) is 2. The molecule has 1 aromatic heterocycles. The number of carbonyl (C=O) groups excluding carboxylic acids is 1. The van der Waals surface area contributed by atoms with E-state index in [-0.39, 0.29) is 30.8 Å². The minimum Gasteiger partial charge on any atom is -0.464 e. The molecular formula is C25H27NO4. The van der Waals surface area contributed by atoms with E-state index < -0.39 is 11.5 Å². The molecule has 1 saturated heterocycles. The van der Waals surface area contributed by atoms with Crippen molar-refractivity contribution in [3.05, 3.63) is 71.0 Å². The van der Waals surface area contributed by atoms with Crippen molar-refractivity contribution in [2.45, 2.75) is 32.3 Å². The van der Waals surface area contributed by atoms with Crippen LogP contribution in [0.5, 0.6) is 0 Å². The molecule has 4 atom stereocenters. The normalized spacial score (nSPS) is 27.9. The fraction of sp³-hybridized carbons (Fsp3) is 0.400. The molecular weight excluding hydrogens is 378 g/mol. The molecule has 0 radical (unpaired) electrons. The van der Waals surface area contributed by atoms with E-state index in [4.69, 9.17) is 4.42 Å². The van der Waals surface area contributed by atoms with Gasteiger partial charge in [0.15, 0.2) is 0 Å². The lowest BCUT2D eigenvalue weighted by molar-refractivity contribution is -0.129. The van der Waals surface area contributed by atoms with Crippen LogP contribution in [0, 0.1) is 25.2 Å². The Morgan fingerprint density at radius 2 is 2.00 bits per heavy atom. The summed E-state index contributed by atoms with van der Waals surface area (Å²) in [7, 11) is 0. The number of fused-ring (bicyclic) bond motifs is 1. The van der Waals surface area contributed by atoms with Crippen molar-refractivity contribution in [2.24, 2.45) is 11.3 Å². The second-order valence-corrected chi connectivity index (χ2v) is 8.97. The summed E-state index contributed by atoms with van der Waals surface area (Å²) in [5.41, 5.74) is 4.60. The van der Waals surface area contributed by atoms with Gasteiger partial charge in [0.1, 0.15) is 5.58 Å².